The minimum absolute atomic E-state index is 0.00829. The first-order valence-electron chi connectivity index (χ1n) is 10.6. The second kappa shape index (κ2) is 7.38. The van der Waals surface area contributed by atoms with Crippen LogP contribution in [0.25, 0.3) is 0 Å². The first-order chi connectivity index (χ1) is 14.2. The largest absolute Gasteiger partial charge is 0.325 e. The highest BCUT2D eigenvalue weighted by atomic mass is 16.2. The quantitative estimate of drug-likeness (QED) is 0.611. The molecule has 1 N–H and O–H groups in total. The molecule has 1 spiro atoms. The Bertz CT molecular complexity index is 1000. The minimum atomic E-state index is -1.06. The van der Waals surface area contributed by atoms with Crippen molar-refractivity contribution in [3.63, 3.8) is 0 Å². The SMILES string of the molecule is CC(C)(C)c1ccc(C(=O)CN2C(=O)N[C@]3(CCCCc4ccccc43)C2=O)cc1. The van der Waals surface area contributed by atoms with Crippen LogP contribution in [0.1, 0.15) is 67.1 Å². The summed E-state index contributed by atoms with van der Waals surface area (Å²) in [6.07, 6.45) is 3.26. The number of hydrogen-bond acceptors (Lipinski definition) is 3. The number of ketones is 1. The van der Waals surface area contributed by atoms with Crippen LogP contribution in [0.15, 0.2) is 48.5 Å². The van der Waals surface area contributed by atoms with E-state index < -0.39 is 11.6 Å². The number of benzene rings is 2. The molecule has 4 rings (SSSR count). The zero-order valence-electron chi connectivity index (χ0n) is 17.8. The molecule has 2 aromatic carbocycles. The van der Waals surface area contributed by atoms with Gasteiger partial charge in [-0.2, -0.15) is 0 Å². The summed E-state index contributed by atoms with van der Waals surface area (Å²) in [7, 11) is 0. The van der Waals surface area contributed by atoms with E-state index in [1.165, 1.54) is 0 Å². The summed E-state index contributed by atoms with van der Waals surface area (Å²) in [6.45, 7) is 6.09. The Morgan fingerprint density at radius 2 is 1.73 bits per heavy atom. The van der Waals surface area contributed by atoms with Gasteiger partial charge >= 0.3 is 6.03 Å². The van der Waals surface area contributed by atoms with Crippen molar-refractivity contribution in [1.82, 2.24) is 10.2 Å². The van der Waals surface area contributed by atoms with Gasteiger partial charge in [-0.25, -0.2) is 4.79 Å². The van der Waals surface area contributed by atoms with Crippen molar-refractivity contribution < 1.29 is 14.4 Å². The van der Waals surface area contributed by atoms with Gasteiger partial charge in [0.1, 0.15) is 5.54 Å². The maximum absolute atomic E-state index is 13.5. The molecule has 0 saturated carbocycles. The second-order valence-electron chi connectivity index (χ2n) is 9.34. The molecule has 30 heavy (non-hydrogen) atoms. The number of urea groups is 1. The lowest BCUT2D eigenvalue weighted by molar-refractivity contribution is -0.131. The molecule has 0 unspecified atom stereocenters. The molecule has 5 nitrogen and oxygen atoms in total. The fraction of sp³-hybridized carbons (Fsp3) is 0.400. The number of imide groups is 1. The van der Waals surface area contributed by atoms with Gasteiger partial charge in [-0.15, -0.1) is 0 Å². The Kier molecular flexibility index (Phi) is 5.00. The predicted molar refractivity (Wildman–Crippen MR) is 115 cm³/mol. The molecule has 0 radical (unpaired) electrons. The molecule has 2 aliphatic rings. The average molecular weight is 405 g/mol. The zero-order chi connectivity index (χ0) is 21.5. The van der Waals surface area contributed by atoms with Crippen molar-refractivity contribution in [3.8, 4) is 0 Å². The molecule has 2 aromatic rings. The third kappa shape index (κ3) is 3.42. The van der Waals surface area contributed by atoms with Gasteiger partial charge in [-0.3, -0.25) is 14.5 Å². The summed E-state index contributed by atoms with van der Waals surface area (Å²) in [5.74, 6) is -0.556. The fourth-order valence-corrected chi connectivity index (χ4v) is 4.51. The van der Waals surface area contributed by atoms with Gasteiger partial charge in [0, 0.05) is 5.56 Å². The summed E-state index contributed by atoms with van der Waals surface area (Å²) in [5, 5.41) is 2.94. The van der Waals surface area contributed by atoms with Crippen LogP contribution in [0.4, 0.5) is 4.79 Å². The monoisotopic (exact) mass is 404 g/mol. The van der Waals surface area contributed by atoms with Crippen molar-refractivity contribution in [3.05, 3.63) is 70.8 Å². The maximum atomic E-state index is 13.5. The molecule has 1 fully saturated rings. The van der Waals surface area contributed by atoms with Crippen LogP contribution in [-0.2, 0) is 22.2 Å². The van der Waals surface area contributed by atoms with Gasteiger partial charge in [-0.05, 0) is 47.8 Å². The van der Waals surface area contributed by atoms with Crippen LogP contribution < -0.4 is 5.32 Å². The normalized spacial score (nSPS) is 21.4. The topological polar surface area (TPSA) is 66.5 Å². The molecule has 0 bridgehead atoms. The predicted octanol–water partition coefficient (Wildman–Crippen LogP) is 4.34. The Morgan fingerprint density at radius 1 is 1.03 bits per heavy atom. The molecule has 1 aliphatic carbocycles. The van der Waals surface area contributed by atoms with Gasteiger partial charge in [0.25, 0.3) is 5.91 Å². The third-order valence-electron chi connectivity index (χ3n) is 6.28. The second-order valence-corrected chi connectivity index (χ2v) is 9.34. The summed E-state index contributed by atoms with van der Waals surface area (Å²) in [4.78, 5) is 40.2. The summed E-state index contributed by atoms with van der Waals surface area (Å²) < 4.78 is 0. The number of Topliss-reactive ketones (excluding diaryl/α,β-unsaturated/α-hetero) is 1. The van der Waals surface area contributed by atoms with Crippen LogP contribution in [0.3, 0.4) is 0 Å². The molecule has 1 heterocycles. The van der Waals surface area contributed by atoms with E-state index in [-0.39, 0.29) is 23.7 Å². The van der Waals surface area contributed by atoms with Gasteiger partial charge in [0.2, 0.25) is 0 Å². The van der Waals surface area contributed by atoms with E-state index in [0.29, 0.717) is 12.0 Å². The molecular formula is C25H28N2O3. The Labute approximate surface area is 177 Å². The van der Waals surface area contributed by atoms with E-state index in [1.807, 2.05) is 36.4 Å². The van der Waals surface area contributed by atoms with E-state index in [1.54, 1.807) is 12.1 Å². The lowest BCUT2D eigenvalue weighted by atomic mass is 9.84. The van der Waals surface area contributed by atoms with Gasteiger partial charge in [-0.1, -0.05) is 69.3 Å². The van der Waals surface area contributed by atoms with Gasteiger partial charge in [0.15, 0.2) is 5.78 Å². The number of amides is 3. The molecule has 1 aliphatic heterocycles. The zero-order valence-corrected chi connectivity index (χ0v) is 17.8. The lowest BCUT2D eigenvalue weighted by Crippen LogP contribution is -2.44. The van der Waals surface area contributed by atoms with Crippen LogP contribution in [-0.4, -0.2) is 29.2 Å². The lowest BCUT2D eigenvalue weighted by Gasteiger charge is -2.27. The molecular weight excluding hydrogens is 376 g/mol. The minimum Gasteiger partial charge on any atom is -0.319 e. The van der Waals surface area contributed by atoms with E-state index in [4.69, 9.17) is 0 Å². The summed E-state index contributed by atoms with van der Waals surface area (Å²) >= 11 is 0. The first kappa shape index (κ1) is 20.3. The summed E-state index contributed by atoms with van der Waals surface area (Å²) in [5.41, 5.74) is 2.53. The number of nitrogens with one attached hydrogen (secondary N) is 1. The highest BCUT2D eigenvalue weighted by Crippen LogP contribution is 2.39. The highest BCUT2D eigenvalue weighted by molar-refractivity contribution is 6.11. The van der Waals surface area contributed by atoms with Gasteiger partial charge in [0.05, 0.1) is 6.54 Å². The van der Waals surface area contributed by atoms with Crippen molar-refractivity contribution in [1.29, 1.82) is 0 Å². The molecule has 0 aromatic heterocycles. The standard InChI is InChI=1S/C25H28N2O3/c1-24(2,3)19-13-11-18(12-14-19)21(28)16-27-22(29)25(26-23(27)30)15-7-6-9-17-8-4-5-10-20(17)25/h4-5,8,10-14H,6-7,9,15-16H2,1-3H3,(H,26,30)/t25-/m0/s1. The molecule has 3 amide bonds. The third-order valence-corrected chi connectivity index (χ3v) is 6.28. The molecule has 156 valence electrons. The van der Waals surface area contributed by atoms with Crippen LogP contribution in [0, 0.1) is 0 Å². The maximum Gasteiger partial charge on any atom is 0.325 e. The number of aryl methyl sites for hydroxylation is 1. The average Bonchev–Trinajstić information content (AvgIpc) is 2.86. The van der Waals surface area contributed by atoms with Crippen molar-refractivity contribution in [2.75, 3.05) is 6.54 Å². The number of carbonyl (C=O) groups excluding carboxylic acids is 3. The smallest absolute Gasteiger partial charge is 0.319 e. The van der Waals surface area contributed by atoms with Crippen molar-refractivity contribution in [2.45, 2.75) is 57.4 Å². The molecule has 1 saturated heterocycles. The fourth-order valence-electron chi connectivity index (χ4n) is 4.51. The van der Waals surface area contributed by atoms with Crippen molar-refractivity contribution in [2.24, 2.45) is 0 Å². The Balaban J connectivity index is 1.59. The number of hydrogen-bond donors (Lipinski definition) is 1. The van der Waals surface area contributed by atoms with Crippen molar-refractivity contribution >= 4 is 17.7 Å². The molecule has 5 heteroatoms. The van der Waals surface area contributed by atoms with Crippen LogP contribution >= 0.6 is 0 Å². The highest BCUT2D eigenvalue weighted by Gasteiger charge is 2.53. The van der Waals surface area contributed by atoms with Crippen LogP contribution in [0.2, 0.25) is 0 Å². The number of nitrogens with zero attached hydrogens (tertiary/aromatic N) is 1. The summed E-state index contributed by atoms with van der Waals surface area (Å²) in [6, 6.07) is 14.7. The van der Waals surface area contributed by atoms with E-state index in [2.05, 4.69) is 26.1 Å². The van der Waals surface area contributed by atoms with Gasteiger partial charge < -0.3 is 5.32 Å². The first-order valence-corrected chi connectivity index (χ1v) is 10.6. The number of carbonyl (C=O) groups is 3. The van der Waals surface area contributed by atoms with Crippen LogP contribution in [0.5, 0.6) is 0 Å². The Hall–Kier alpha value is -2.95. The van der Waals surface area contributed by atoms with E-state index in [0.717, 1.165) is 40.9 Å². The molecule has 1 atom stereocenters. The van der Waals surface area contributed by atoms with E-state index in [9.17, 15) is 14.4 Å². The Morgan fingerprint density at radius 3 is 2.43 bits per heavy atom. The van der Waals surface area contributed by atoms with E-state index >= 15 is 0 Å². The number of rotatable bonds is 3. The number of fused-ring (bicyclic) bond motifs is 2.